The van der Waals surface area contributed by atoms with Crippen molar-refractivity contribution in [2.45, 2.75) is 19.4 Å². The van der Waals surface area contributed by atoms with E-state index in [4.69, 9.17) is 9.84 Å². The molecule has 0 amide bonds. The molecule has 1 aromatic carbocycles. The molecule has 2 aromatic heterocycles. The van der Waals surface area contributed by atoms with Crippen LogP contribution in [0.5, 0.6) is 5.75 Å². The monoisotopic (exact) mass is 380 g/mol. The molecule has 0 atom stereocenters. The van der Waals surface area contributed by atoms with Crippen LogP contribution in [0, 0.1) is 11.3 Å². The number of fused-ring (bicyclic) bond motifs is 3. The van der Waals surface area contributed by atoms with E-state index in [2.05, 4.69) is 11.1 Å². The number of rotatable bonds is 2. The molecule has 2 aliphatic rings. The Labute approximate surface area is 167 Å². The first-order valence-corrected chi connectivity index (χ1v) is 9.37. The number of benzene rings is 1. The van der Waals surface area contributed by atoms with Crippen LogP contribution in [0.4, 0.5) is 0 Å². The minimum atomic E-state index is -0.266. The summed E-state index contributed by atoms with van der Waals surface area (Å²) in [6.07, 6.45) is 8.37. The molecule has 6 heteroatoms. The molecule has 0 saturated heterocycles. The fourth-order valence-corrected chi connectivity index (χ4v) is 3.82. The number of hydrogen-bond donors (Lipinski definition) is 0. The molecular weight excluding hydrogens is 364 g/mol. The van der Waals surface area contributed by atoms with Gasteiger partial charge in [0.25, 0.3) is 5.56 Å². The first kappa shape index (κ1) is 17.1. The molecule has 0 spiro atoms. The third-order valence-corrected chi connectivity index (χ3v) is 5.18. The van der Waals surface area contributed by atoms with Gasteiger partial charge in [-0.25, -0.2) is 0 Å². The molecule has 3 heterocycles. The summed E-state index contributed by atoms with van der Waals surface area (Å²) in [7, 11) is 0. The van der Waals surface area contributed by atoms with E-state index in [0.717, 1.165) is 23.3 Å². The molecule has 29 heavy (non-hydrogen) atoms. The average molecular weight is 380 g/mol. The van der Waals surface area contributed by atoms with Crippen LogP contribution >= 0.6 is 0 Å². The van der Waals surface area contributed by atoms with Crippen LogP contribution < -0.4 is 10.3 Å². The van der Waals surface area contributed by atoms with Gasteiger partial charge in [-0.05, 0) is 37.1 Å². The number of hydrogen-bond acceptors (Lipinski definition) is 5. The molecular formula is C23H16N4O2. The standard InChI is InChI=1S/C23H16N4O2/c24-12-15-6-1-3-9-19(15)27-23(28)21(16-7-5-11-25-13-16)18-14-29-20-10-4-2-8-17(20)22(18)26-27/h1-2,4-8,10-11,13H,3,9,14H2. The highest BCUT2D eigenvalue weighted by molar-refractivity contribution is 5.80. The van der Waals surface area contributed by atoms with Crippen LogP contribution in [0.3, 0.4) is 0 Å². The summed E-state index contributed by atoms with van der Waals surface area (Å²) in [5, 5.41) is 14.3. The maximum atomic E-state index is 13.6. The van der Waals surface area contributed by atoms with Crippen molar-refractivity contribution in [3.05, 3.63) is 82.4 Å². The molecule has 6 nitrogen and oxygen atoms in total. The zero-order valence-electron chi connectivity index (χ0n) is 15.5. The first-order chi connectivity index (χ1) is 14.3. The molecule has 5 rings (SSSR count). The minimum absolute atomic E-state index is 0.254. The molecule has 140 valence electrons. The number of nitriles is 1. The van der Waals surface area contributed by atoms with E-state index in [1.807, 2.05) is 36.4 Å². The van der Waals surface area contributed by atoms with Gasteiger partial charge in [0.05, 0.1) is 16.8 Å². The van der Waals surface area contributed by atoms with Gasteiger partial charge in [0, 0.05) is 29.1 Å². The van der Waals surface area contributed by atoms with E-state index in [9.17, 15) is 10.1 Å². The molecule has 0 unspecified atom stereocenters. The Hall–Kier alpha value is -3.98. The Kier molecular flexibility index (Phi) is 4.07. The summed E-state index contributed by atoms with van der Waals surface area (Å²) >= 11 is 0. The summed E-state index contributed by atoms with van der Waals surface area (Å²) in [4.78, 5) is 17.7. The van der Waals surface area contributed by atoms with Gasteiger partial charge in [-0.2, -0.15) is 15.0 Å². The van der Waals surface area contributed by atoms with E-state index in [-0.39, 0.29) is 12.2 Å². The van der Waals surface area contributed by atoms with Crippen LogP contribution in [0.15, 0.2) is 71.3 Å². The smallest absolute Gasteiger partial charge is 0.279 e. The Balaban J connectivity index is 1.88. The van der Waals surface area contributed by atoms with E-state index < -0.39 is 0 Å². The molecule has 0 saturated carbocycles. The Morgan fingerprint density at radius 3 is 2.90 bits per heavy atom. The summed E-state index contributed by atoms with van der Waals surface area (Å²) in [5.74, 6) is 0.730. The second-order valence-corrected chi connectivity index (χ2v) is 6.86. The Morgan fingerprint density at radius 1 is 1.17 bits per heavy atom. The second kappa shape index (κ2) is 6.88. The fraction of sp³-hybridized carbons (Fsp3) is 0.130. The molecule has 0 fully saturated rings. The normalized spacial score (nSPS) is 14.6. The number of aromatic nitrogens is 3. The van der Waals surface area contributed by atoms with Crippen molar-refractivity contribution in [2.24, 2.45) is 0 Å². The summed E-state index contributed by atoms with van der Waals surface area (Å²) < 4.78 is 7.30. The lowest BCUT2D eigenvalue weighted by Crippen LogP contribution is -2.29. The van der Waals surface area contributed by atoms with Gasteiger partial charge >= 0.3 is 0 Å². The number of nitrogens with zero attached hydrogens (tertiary/aromatic N) is 4. The van der Waals surface area contributed by atoms with Crippen LogP contribution in [-0.2, 0) is 6.61 Å². The van der Waals surface area contributed by atoms with Crippen LogP contribution in [-0.4, -0.2) is 14.8 Å². The minimum Gasteiger partial charge on any atom is -0.488 e. The quantitative estimate of drug-likeness (QED) is 0.672. The molecule has 1 aliphatic heterocycles. The number of allylic oxidation sites excluding steroid dienone is 4. The average Bonchev–Trinajstić information content (AvgIpc) is 2.79. The number of para-hydroxylation sites is 1. The predicted molar refractivity (Wildman–Crippen MR) is 109 cm³/mol. The molecule has 0 radical (unpaired) electrons. The van der Waals surface area contributed by atoms with Gasteiger partial charge in [-0.1, -0.05) is 24.3 Å². The van der Waals surface area contributed by atoms with E-state index >= 15 is 0 Å². The van der Waals surface area contributed by atoms with Crippen molar-refractivity contribution in [3.8, 4) is 34.2 Å². The van der Waals surface area contributed by atoms with Crippen molar-refractivity contribution < 1.29 is 4.74 Å². The van der Waals surface area contributed by atoms with E-state index in [1.54, 1.807) is 24.5 Å². The van der Waals surface area contributed by atoms with Gasteiger partial charge in [-0.15, -0.1) is 0 Å². The molecule has 0 bridgehead atoms. The van der Waals surface area contributed by atoms with Gasteiger partial charge in [0.15, 0.2) is 0 Å². The van der Waals surface area contributed by atoms with E-state index in [0.29, 0.717) is 34.5 Å². The number of pyridine rings is 1. The highest BCUT2D eigenvalue weighted by Crippen LogP contribution is 2.39. The summed E-state index contributed by atoms with van der Waals surface area (Å²) in [6.45, 7) is 0.254. The second-order valence-electron chi connectivity index (χ2n) is 6.86. The SMILES string of the molecule is N#CC1=C(n2nc3c(c(-c4cccnc4)c2=O)COc2ccccc2-3)CCC=C1. The van der Waals surface area contributed by atoms with Crippen LogP contribution in [0.1, 0.15) is 18.4 Å². The molecule has 0 N–H and O–H groups in total. The maximum absolute atomic E-state index is 13.6. The van der Waals surface area contributed by atoms with Crippen LogP contribution in [0.25, 0.3) is 28.1 Å². The predicted octanol–water partition coefficient (Wildman–Crippen LogP) is 3.95. The highest BCUT2D eigenvalue weighted by atomic mass is 16.5. The summed E-state index contributed by atoms with van der Waals surface area (Å²) in [6, 6.07) is 13.5. The third-order valence-electron chi connectivity index (χ3n) is 5.18. The van der Waals surface area contributed by atoms with Crippen molar-refractivity contribution in [1.29, 1.82) is 5.26 Å². The van der Waals surface area contributed by atoms with Crippen molar-refractivity contribution in [3.63, 3.8) is 0 Å². The summed E-state index contributed by atoms with van der Waals surface area (Å²) in [5.41, 5.74) is 4.31. The topological polar surface area (TPSA) is 80.8 Å². The van der Waals surface area contributed by atoms with Crippen molar-refractivity contribution >= 4 is 5.70 Å². The zero-order chi connectivity index (χ0) is 19.8. The lowest BCUT2D eigenvalue weighted by atomic mass is 9.96. The molecule has 3 aromatic rings. The van der Waals surface area contributed by atoms with Crippen LogP contribution in [0.2, 0.25) is 0 Å². The zero-order valence-corrected chi connectivity index (χ0v) is 15.5. The lowest BCUT2D eigenvalue weighted by Gasteiger charge is -2.24. The Morgan fingerprint density at radius 2 is 2.07 bits per heavy atom. The fourth-order valence-electron chi connectivity index (χ4n) is 3.82. The van der Waals surface area contributed by atoms with Gasteiger partial charge in [-0.3, -0.25) is 9.78 Å². The lowest BCUT2D eigenvalue weighted by molar-refractivity contribution is 0.301. The largest absolute Gasteiger partial charge is 0.488 e. The van der Waals surface area contributed by atoms with Crippen molar-refractivity contribution in [1.82, 2.24) is 14.8 Å². The van der Waals surface area contributed by atoms with Crippen molar-refractivity contribution in [2.75, 3.05) is 0 Å². The molecule has 1 aliphatic carbocycles. The van der Waals surface area contributed by atoms with Gasteiger partial charge < -0.3 is 4.74 Å². The maximum Gasteiger partial charge on any atom is 0.279 e. The Bertz CT molecular complexity index is 1280. The van der Waals surface area contributed by atoms with E-state index in [1.165, 1.54) is 4.68 Å². The first-order valence-electron chi connectivity index (χ1n) is 9.37. The van der Waals surface area contributed by atoms with Gasteiger partial charge in [0.1, 0.15) is 24.1 Å². The third kappa shape index (κ3) is 2.75. The highest BCUT2D eigenvalue weighted by Gasteiger charge is 2.27. The van der Waals surface area contributed by atoms with Gasteiger partial charge in [0.2, 0.25) is 0 Å². The number of ether oxygens (including phenoxy) is 1.